The van der Waals surface area contributed by atoms with Crippen LogP contribution in [0.15, 0.2) is 0 Å². The Hall–Kier alpha value is -0.140. The molecule has 0 unspecified atom stereocenters. The zero-order valence-corrected chi connectivity index (χ0v) is 6.53. The molecule has 0 aromatic rings. The quantitative estimate of drug-likeness (QED) is 0.564. The van der Waals surface area contributed by atoms with Gasteiger partial charge in [0.05, 0.1) is 0 Å². The number of rotatable bonds is 2. The molecule has 1 rings (SSSR count). The molecule has 2 heteroatoms. The molecule has 10 heavy (non-hydrogen) atoms. The van der Waals surface area contributed by atoms with Crippen LogP contribution in [0.2, 0.25) is 0 Å². The molecule has 0 atom stereocenters. The first kappa shape index (κ1) is 7.96. The van der Waals surface area contributed by atoms with E-state index in [1.807, 2.05) is 13.8 Å². The minimum Gasteiger partial charge on any atom is -0.210 e. The van der Waals surface area contributed by atoms with Crippen LogP contribution in [-0.4, -0.2) is 6.43 Å². The minimum atomic E-state index is -2.11. The zero-order chi connectivity index (χ0) is 7.78. The maximum Gasteiger partial charge on any atom is 0.244 e. The Labute approximate surface area is 60.6 Å². The highest BCUT2D eigenvalue weighted by Crippen LogP contribution is 2.51. The van der Waals surface area contributed by atoms with Crippen molar-refractivity contribution in [2.24, 2.45) is 11.3 Å². The molecule has 0 spiro atoms. The summed E-state index contributed by atoms with van der Waals surface area (Å²) in [6.07, 6.45) is 0.328. The predicted molar refractivity (Wildman–Crippen MR) is 37.1 cm³/mol. The standard InChI is InChI=1S/C8H14F2/c1-6(2)8(7(9)10)4-3-5-8/h6-7H,3-5H2,1-2H3. The summed E-state index contributed by atoms with van der Waals surface area (Å²) in [5, 5.41) is 0. The molecule has 0 aromatic heterocycles. The Bertz CT molecular complexity index is 104. The van der Waals surface area contributed by atoms with Crippen molar-refractivity contribution in [3.63, 3.8) is 0 Å². The van der Waals surface area contributed by atoms with Gasteiger partial charge in [-0.25, -0.2) is 8.78 Å². The van der Waals surface area contributed by atoms with Gasteiger partial charge < -0.3 is 0 Å². The van der Waals surface area contributed by atoms with Crippen LogP contribution >= 0.6 is 0 Å². The summed E-state index contributed by atoms with van der Waals surface area (Å²) >= 11 is 0. The first-order valence-corrected chi connectivity index (χ1v) is 3.88. The van der Waals surface area contributed by atoms with Crippen molar-refractivity contribution in [1.82, 2.24) is 0 Å². The second-order valence-electron chi connectivity index (χ2n) is 3.54. The van der Waals surface area contributed by atoms with E-state index < -0.39 is 11.8 Å². The molecule has 0 nitrogen and oxygen atoms in total. The van der Waals surface area contributed by atoms with E-state index in [0.717, 1.165) is 19.3 Å². The molecule has 0 N–H and O–H groups in total. The number of halogens is 2. The number of hydrogen-bond acceptors (Lipinski definition) is 0. The molecule has 0 bridgehead atoms. The third-order valence-corrected chi connectivity index (χ3v) is 2.87. The van der Waals surface area contributed by atoms with Crippen LogP contribution in [0.1, 0.15) is 33.1 Å². The molecule has 0 radical (unpaired) electrons. The van der Waals surface area contributed by atoms with E-state index in [9.17, 15) is 8.78 Å². The lowest BCUT2D eigenvalue weighted by Gasteiger charge is -2.44. The molecule has 0 saturated heterocycles. The first-order chi connectivity index (χ1) is 4.59. The van der Waals surface area contributed by atoms with Crippen LogP contribution < -0.4 is 0 Å². The molecule has 0 aliphatic heterocycles. The van der Waals surface area contributed by atoms with Crippen molar-refractivity contribution in [1.29, 1.82) is 0 Å². The molecule has 1 saturated carbocycles. The third kappa shape index (κ3) is 0.938. The second-order valence-corrected chi connectivity index (χ2v) is 3.54. The van der Waals surface area contributed by atoms with E-state index in [1.165, 1.54) is 0 Å². The average Bonchev–Trinajstić information content (AvgIpc) is 1.57. The summed E-state index contributed by atoms with van der Waals surface area (Å²) in [5.41, 5.74) is -0.611. The van der Waals surface area contributed by atoms with Crippen molar-refractivity contribution >= 4 is 0 Å². The first-order valence-electron chi connectivity index (χ1n) is 3.88. The molecule has 0 amide bonds. The predicted octanol–water partition coefficient (Wildman–Crippen LogP) is 3.08. The van der Waals surface area contributed by atoms with E-state index >= 15 is 0 Å². The molecule has 0 heterocycles. The topological polar surface area (TPSA) is 0 Å². The van der Waals surface area contributed by atoms with Gasteiger partial charge in [0.2, 0.25) is 6.43 Å². The summed E-state index contributed by atoms with van der Waals surface area (Å²) in [6, 6.07) is 0. The van der Waals surface area contributed by atoms with Gasteiger partial charge in [-0.3, -0.25) is 0 Å². The third-order valence-electron chi connectivity index (χ3n) is 2.87. The van der Waals surface area contributed by atoms with Crippen LogP contribution in [0.25, 0.3) is 0 Å². The van der Waals surface area contributed by atoms with Crippen molar-refractivity contribution in [3.05, 3.63) is 0 Å². The van der Waals surface area contributed by atoms with E-state index in [-0.39, 0.29) is 5.92 Å². The maximum absolute atomic E-state index is 12.4. The van der Waals surface area contributed by atoms with Crippen molar-refractivity contribution in [3.8, 4) is 0 Å². The summed E-state index contributed by atoms with van der Waals surface area (Å²) < 4.78 is 24.8. The van der Waals surface area contributed by atoms with Crippen molar-refractivity contribution in [2.45, 2.75) is 39.5 Å². The molecular weight excluding hydrogens is 134 g/mol. The van der Waals surface area contributed by atoms with Gasteiger partial charge in [0.1, 0.15) is 0 Å². The summed E-state index contributed by atoms with van der Waals surface area (Å²) in [6.45, 7) is 3.79. The highest BCUT2D eigenvalue weighted by molar-refractivity contribution is 4.92. The SMILES string of the molecule is CC(C)C1(C(F)F)CCC1. The smallest absolute Gasteiger partial charge is 0.210 e. The van der Waals surface area contributed by atoms with Gasteiger partial charge in [-0.15, -0.1) is 0 Å². The van der Waals surface area contributed by atoms with Gasteiger partial charge >= 0.3 is 0 Å². The van der Waals surface area contributed by atoms with E-state index in [0.29, 0.717) is 0 Å². The van der Waals surface area contributed by atoms with Gasteiger partial charge in [0, 0.05) is 5.41 Å². The van der Waals surface area contributed by atoms with E-state index in [4.69, 9.17) is 0 Å². The Morgan fingerprint density at radius 2 is 1.70 bits per heavy atom. The molecule has 60 valence electrons. The van der Waals surface area contributed by atoms with Crippen molar-refractivity contribution < 1.29 is 8.78 Å². The minimum absolute atomic E-state index is 0.140. The lowest BCUT2D eigenvalue weighted by molar-refractivity contribution is -0.0921. The van der Waals surface area contributed by atoms with Gasteiger partial charge in [0.25, 0.3) is 0 Å². The highest BCUT2D eigenvalue weighted by Gasteiger charge is 2.47. The van der Waals surface area contributed by atoms with E-state index in [1.54, 1.807) is 0 Å². The monoisotopic (exact) mass is 148 g/mol. The molecule has 1 aliphatic carbocycles. The van der Waals surface area contributed by atoms with Crippen LogP contribution in [0.4, 0.5) is 8.78 Å². The largest absolute Gasteiger partial charge is 0.244 e. The van der Waals surface area contributed by atoms with E-state index in [2.05, 4.69) is 0 Å². The Balaban J connectivity index is 2.59. The van der Waals surface area contributed by atoms with Gasteiger partial charge in [0.15, 0.2) is 0 Å². The molecule has 1 aliphatic rings. The second kappa shape index (κ2) is 2.48. The fourth-order valence-electron chi connectivity index (χ4n) is 1.63. The van der Waals surface area contributed by atoms with Gasteiger partial charge in [-0.05, 0) is 18.8 Å². The maximum atomic E-state index is 12.4. The fraction of sp³-hybridized carbons (Fsp3) is 1.00. The number of alkyl halides is 2. The number of hydrogen-bond donors (Lipinski definition) is 0. The molecule has 0 aromatic carbocycles. The lowest BCUT2D eigenvalue weighted by atomic mass is 9.62. The molecule has 1 fully saturated rings. The summed E-state index contributed by atoms with van der Waals surface area (Å²) in [4.78, 5) is 0. The lowest BCUT2D eigenvalue weighted by Crippen LogP contribution is -2.41. The van der Waals surface area contributed by atoms with Crippen LogP contribution in [-0.2, 0) is 0 Å². The molecular formula is C8H14F2. The highest BCUT2D eigenvalue weighted by atomic mass is 19.3. The Morgan fingerprint density at radius 1 is 1.20 bits per heavy atom. The Morgan fingerprint density at radius 3 is 1.70 bits per heavy atom. The normalized spacial score (nSPS) is 23.4. The van der Waals surface area contributed by atoms with Crippen LogP contribution in [0, 0.1) is 11.3 Å². The zero-order valence-electron chi connectivity index (χ0n) is 6.53. The van der Waals surface area contributed by atoms with Crippen LogP contribution in [0.5, 0.6) is 0 Å². The fourth-order valence-corrected chi connectivity index (χ4v) is 1.63. The van der Waals surface area contributed by atoms with Gasteiger partial charge in [-0.2, -0.15) is 0 Å². The van der Waals surface area contributed by atoms with Crippen LogP contribution in [0.3, 0.4) is 0 Å². The summed E-state index contributed by atoms with van der Waals surface area (Å²) in [5.74, 6) is 0.140. The van der Waals surface area contributed by atoms with Gasteiger partial charge in [-0.1, -0.05) is 20.3 Å². The summed E-state index contributed by atoms with van der Waals surface area (Å²) in [7, 11) is 0. The van der Waals surface area contributed by atoms with Crippen molar-refractivity contribution in [2.75, 3.05) is 0 Å². The Kier molecular flexibility index (Phi) is 1.97. The average molecular weight is 148 g/mol.